The summed E-state index contributed by atoms with van der Waals surface area (Å²) in [6.45, 7) is 1.85. The van der Waals surface area contributed by atoms with E-state index >= 15 is 0 Å². The van der Waals surface area contributed by atoms with Gasteiger partial charge in [0.25, 0.3) is 0 Å². The molecule has 0 radical (unpaired) electrons. The summed E-state index contributed by atoms with van der Waals surface area (Å²) in [6.07, 6.45) is 8.85. The average Bonchev–Trinajstić information content (AvgIpc) is 3.50. The Hall–Kier alpha value is -1.86. The van der Waals surface area contributed by atoms with Crippen LogP contribution in [0, 0.1) is 10.7 Å². The molecule has 158 valence electrons. The van der Waals surface area contributed by atoms with E-state index in [4.69, 9.17) is 26.8 Å². The third kappa shape index (κ3) is 4.51. The first-order valence-corrected chi connectivity index (χ1v) is 11.1. The molecule has 7 heteroatoms. The van der Waals surface area contributed by atoms with Gasteiger partial charge in [-0.05, 0) is 69.1 Å². The van der Waals surface area contributed by atoms with Gasteiger partial charge in [0, 0.05) is 18.2 Å². The van der Waals surface area contributed by atoms with Gasteiger partial charge >= 0.3 is 0 Å². The summed E-state index contributed by atoms with van der Waals surface area (Å²) in [5.74, 6) is 3.22. The van der Waals surface area contributed by atoms with Crippen molar-refractivity contribution in [2.45, 2.75) is 57.7 Å². The maximum absolute atomic E-state index is 5.93. The van der Waals surface area contributed by atoms with Crippen LogP contribution in [0.5, 0.6) is 11.5 Å². The van der Waals surface area contributed by atoms with Crippen molar-refractivity contribution in [3.63, 3.8) is 0 Å². The molecule has 0 bridgehead atoms. The molecule has 0 saturated heterocycles. The number of aromatic nitrogens is 3. The zero-order valence-corrected chi connectivity index (χ0v) is 18.6. The van der Waals surface area contributed by atoms with Gasteiger partial charge in [0.05, 0.1) is 20.9 Å². The van der Waals surface area contributed by atoms with Gasteiger partial charge in [0.15, 0.2) is 22.1 Å². The number of methoxy groups -OCH3 is 2. The number of hydrogen-bond acceptors (Lipinski definition) is 5. The van der Waals surface area contributed by atoms with Gasteiger partial charge in [0.2, 0.25) is 0 Å². The zero-order valence-electron chi connectivity index (χ0n) is 17.8. The van der Waals surface area contributed by atoms with Crippen LogP contribution < -0.4 is 9.47 Å². The van der Waals surface area contributed by atoms with Gasteiger partial charge in [-0.25, -0.2) is 4.68 Å². The first-order chi connectivity index (χ1) is 14.1. The van der Waals surface area contributed by atoms with Crippen molar-refractivity contribution in [1.82, 2.24) is 19.2 Å². The second-order valence-electron chi connectivity index (χ2n) is 8.46. The SMILES string of the molecule is COc1ccc(-c2nn(CN(C)CC3CC3)c(=S)n2C2CCCCC2)cc1OC. The highest BCUT2D eigenvalue weighted by atomic mass is 32.1. The lowest BCUT2D eigenvalue weighted by Crippen LogP contribution is -2.25. The molecule has 2 fully saturated rings. The van der Waals surface area contributed by atoms with Crippen molar-refractivity contribution in [2.24, 2.45) is 5.92 Å². The molecule has 0 amide bonds. The summed E-state index contributed by atoms with van der Waals surface area (Å²) < 4.78 is 16.1. The van der Waals surface area contributed by atoms with Crippen molar-refractivity contribution in [2.75, 3.05) is 27.8 Å². The minimum atomic E-state index is 0.418. The van der Waals surface area contributed by atoms with E-state index in [1.54, 1.807) is 14.2 Å². The second kappa shape index (κ2) is 8.88. The Balaban J connectivity index is 1.72. The standard InChI is InChI=1S/C22H32N4O2S/c1-24(14-16-9-10-16)15-25-22(29)26(18-7-5-4-6-8-18)21(23-25)17-11-12-19(27-2)20(13-17)28-3/h11-13,16,18H,4-10,14-15H2,1-3H3. The van der Waals surface area contributed by atoms with Crippen molar-refractivity contribution in [3.05, 3.63) is 23.0 Å². The molecule has 1 aromatic carbocycles. The number of ether oxygens (including phenoxy) is 2. The molecule has 2 aliphatic rings. The molecule has 1 heterocycles. The molecule has 4 rings (SSSR count). The van der Waals surface area contributed by atoms with Crippen LogP contribution >= 0.6 is 12.2 Å². The van der Waals surface area contributed by atoms with Crippen molar-refractivity contribution in [1.29, 1.82) is 0 Å². The molecular formula is C22H32N4O2S. The van der Waals surface area contributed by atoms with Crippen LogP contribution in [-0.4, -0.2) is 47.1 Å². The van der Waals surface area contributed by atoms with Gasteiger partial charge in [0.1, 0.15) is 0 Å². The van der Waals surface area contributed by atoms with Crippen LogP contribution in [0.4, 0.5) is 0 Å². The molecule has 0 unspecified atom stereocenters. The highest BCUT2D eigenvalue weighted by Crippen LogP contribution is 2.36. The molecule has 2 saturated carbocycles. The Labute approximate surface area is 178 Å². The average molecular weight is 417 g/mol. The second-order valence-corrected chi connectivity index (χ2v) is 8.83. The van der Waals surface area contributed by atoms with Crippen molar-refractivity contribution < 1.29 is 9.47 Å². The summed E-state index contributed by atoms with van der Waals surface area (Å²) in [7, 11) is 5.49. The quantitative estimate of drug-likeness (QED) is 0.573. The van der Waals surface area contributed by atoms with Gasteiger partial charge in [-0.1, -0.05) is 19.3 Å². The Bertz CT molecular complexity index is 897. The number of hydrogen-bond donors (Lipinski definition) is 0. The van der Waals surface area contributed by atoms with Crippen LogP contribution in [0.2, 0.25) is 0 Å². The largest absolute Gasteiger partial charge is 0.493 e. The fourth-order valence-corrected chi connectivity index (χ4v) is 4.71. The van der Waals surface area contributed by atoms with E-state index in [1.807, 2.05) is 16.8 Å². The maximum Gasteiger partial charge on any atom is 0.199 e. The minimum Gasteiger partial charge on any atom is -0.493 e. The predicted octanol–water partition coefficient (Wildman–Crippen LogP) is 4.90. The van der Waals surface area contributed by atoms with Gasteiger partial charge < -0.3 is 9.47 Å². The number of rotatable bonds is 8. The summed E-state index contributed by atoms with van der Waals surface area (Å²) >= 11 is 5.93. The molecule has 0 aliphatic heterocycles. The fourth-order valence-electron chi connectivity index (χ4n) is 4.38. The molecule has 2 aromatic rings. The highest BCUT2D eigenvalue weighted by Gasteiger charge is 2.25. The van der Waals surface area contributed by atoms with Gasteiger partial charge in [-0.15, -0.1) is 0 Å². The molecular weight excluding hydrogens is 384 g/mol. The lowest BCUT2D eigenvalue weighted by atomic mass is 9.95. The molecule has 29 heavy (non-hydrogen) atoms. The zero-order chi connectivity index (χ0) is 20.4. The Morgan fingerprint density at radius 3 is 2.45 bits per heavy atom. The van der Waals surface area contributed by atoms with Crippen LogP contribution in [0.1, 0.15) is 51.0 Å². The van der Waals surface area contributed by atoms with E-state index < -0.39 is 0 Å². The normalized spacial score (nSPS) is 17.7. The lowest BCUT2D eigenvalue weighted by Gasteiger charge is -2.24. The van der Waals surface area contributed by atoms with Gasteiger partial charge in [-0.3, -0.25) is 9.47 Å². The topological polar surface area (TPSA) is 44.5 Å². The first kappa shape index (κ1) is 20.4. The van der Waals surface area contributed by atoms with Crippen molar-refractivity contribution >= 4 is 12.2 Å². The molecule has 0 spiro atoms. The smallest absolute Gasteiger partial charge is 0.199 e. The van der Waals surface area contributed by atoms with E-state index in [1.165, 1.54) is 32.1 Å². The lowest BCUT2D eigenvalue weighted by molar-refractivity contribution is 0.241. The minimum absolute atomic E-state index is 0.418. The van der Waals surface area contributed by atoms with E-state index in [9.17, 15) is 0 Å². The fraction of sp³-hybridized carbons (Fsp3) is 0.636. The molecule has 6 nitrogen and oxygen atoms in total. The monoisotopic (exact) mass is 416 g/mol. The van der Waals surface area contributed by atoms with Crippen LogP contribution in [0.15, 0.2) is 18.2 Å². The van der Waals surface area contributed by atoms with Crippen LogP contribution in [0.3, 0.4) is 0 Å². The van der Waals surface area contributed by atoms with Crippen LogP contribution in [-0.2, 0) is 6.67 Å². The number of benzene rings is 1. The summed E-state index contributed by atoms with van der Waals surface area (Å²) in [5, 5.41) is 4.99. The molecule has 2 aliphatic carbocycles. The van der Waals surface area contributed by atoms with Gasteiger partial charge in [-0.2, -0.15) is 5.10 Å². The maximum atomic E-state index is 5.93. The van der Waals surface area contributed by atoms with Crippen molar-refractivity contribution in [3.8, 4) is 22.9 Å². The third-order valence-corrected chi connectivity index (χ3v) is 6.50. The summed E-state index contributed by atoms with van der Waals surface area (Å²) in [5.41, 5.74) is 1.02. The third-order valence-electron chi connectivity index (χ3n) is 6.09. The molecule has 0 N–H and O–H groups in total. The van der Waals surface area contributed by atoms with E-state index in [2.05, 4.69) is 22.6 Å². The first-order valence-electron chi connectivity index (χ1n) is 10.7. The molecule has 1 aromatic heterocycles. The predicted molar refractivity (Wildman–Crippen MR) is 117 cm³/mol. The highest BCUT2D eigenvalue weighted by molar-refractivity contribution is 7.71. The number of nitrogens with zero attached hydrogens (tertiary/aromatic N) is 4. The van der Waals surface area contributed by atoms with E-state index in [0.29, 0.717) is 11.8 Å². The van der Waals surface area contributed by atoms with Crippen LogP contribution in [0.25, 0.3) is 11.4 Å². The molecule has 0 atom stereocenters. The summed E-state index contributed by atoms with van der Waals surface area (Å²) in [4.78, 5) is 2.34. The Morgan fingerprint density at radius 2 is 1.79 bits per heavy atom. The van der Waals surface area contributed by atoms with E-state index in [-0.39, 0.29) is 0 Å². The van der Waals surface area contributed by atoms with E-state index in [0.717, 1.165) is 53.9 Å². The summed E-state index contributed by atoms with van der Waals surface area (Å²) in [6, 6.07) is 6.42. The Morgan fingerprint density at radius 1 is 1.07 bits per heavy atom. The Kier molecular flexibility index (Phi) is 6.25.